The van der Waals surface area contributed by atoms with Crippen molar-refractivity contribution in [2.24, 2.45) is 11.8 Å². The van der Waals surface area contributed by atoms with Gasteiger partial charge in [-0.05, 0) is 65.9 Å². The van der Waals surface area contributed by atoms with Crippen LogP contribution in [0.25, 0.3) is 0 Å². The van der Waals surface area contributed by atoms with Gasteiger partial charge in [0.25, 0.3) is 0 Å². The van der Waals surface area contributed by atoms with Crippen LogP contribution in [0.15, 0.2) is 60.7 Å². The van der Waals surface area contributed by atoms with Gasteiger partial charge in [0.05, 0.1) is 0 Å². The Labute approximate surface area is 202 Å². The first-order valence-corrected chi connectivity index (χ1v) is 11.6. The van der Waals surface area contributed by atoms with Crippen LogP contribution in [0.5, 0.6) is 11.5 Å². The summed E-state index contributed by atoms with van der Waals surface area (Å²) in [6, 6.07) is 18.6. The topological polar surface area (TPSA) is 70.6 Å². The average molecular weight is 484 g/mol. The van der Waals surface area contributed by atoms with Gasteiger partial charge in [-0.15, -0.1) is 10.2 Å². The standard InChI is InChI=1S/C24H23Cl2N5O2/c25-19-4-6-20(7-5-19)33-21-3-1-2-16(10-21)11-30-12-17-14-31(15-18(17)13-30)24(32)27-23-9-8-22(26)28-29-23/h1-10,17-18H,11-15H2,(H,27,29,32). The molecule has 1 N–H and O–H groups in total. The van der Waals surface area contributed by atoms with E-state index in [0.29, 0.717) is 27.8 Å². The summed E-state index contributed by atoms with van der Waals surface area (Å²) in [7, 11) is 0. The number of ether oxygens (including phenoxy) is 1. The molecule has 2 fully saturated rings. The molecule has 170 valence electrons. The molecule has 3 aromatic rings. The zero-order chi connectivity index (χ0) is 22.8. The summed E-state index contributed by atoms with van der Waals surface area (Å²) < 4.78 is 5.96. The van der Waals surface area contributed by atoms with E-state index >= 15 is 0 Å². The molecule has 3 heterocycles. The molecule has 2 unspecified atom stereocenters. The van der Waals surface area contributed by atoms with Gasteiger partial charge in [0.2, 0.25) is 0 Å². The smallest absolute Gasteiger partial charge is 0.323 e. The minimum atomic E-state index is -0.139. The minimum absolute atomic E-state index is 0.139. The first-order chi connectivity index (χ1) is 16.0. The van der Waals surface area contributed by atoms with E-state index in [4.69, 9.17) is 27.9 Å². The van der Waals surface area contributed by atoms with E-state index in [1.807, 2.05) is 41.3 Å². The zero-order valence-electron chi connectivity index (χ0n) is 17.8. The Bertz CT molecular complexity index is 1110. The summed E-state index contributed by atoms with van der Waals surface area (Å²) in [6.07, 6.45) is 0. The number of aromatic nitrogens is 2. The molecule has 2 amide bonds. The molecule has 33 heavy (non-hydrogen) atoms. The second-order valence-corrected chi connectivity index (χ2v) is 9.32. The third kappa shape index (κ3) is 5.38. The summed E-state index contributed by atoms with van der Waals surface area (Å²) in [5.74, 6) is 2.92. The van der Waals surface area contributed by atoms with E-state index in [0.717, 1.165) is 44.2 Å². The molecule has 2 saturated heterocycles. The fourth-order valence-corrected chi connectivity index (χ4v) is 4.79. The molecule has 0 saturated carbocycles. The highest BCUT2D eigenvalue weighted by atomic mass is 35.5. The second kappa shape index (κ2) is 9.55. The number of rotatable bonds is 5. The van der Waals surface area contributed by atoms with Gasteiger partial charge in [-0.2, -0.15) is 0 Å². The Hall–Kier alpha value is -2.87. The van der Waals surface area contributed by atoms with Crippen LogP contribution in [-0.2, 0) is 6.54 Å². The fourth-order valence-electron chi connectivity index (χ4n) is 4.56. The molecule has 2 atom stereocenters. The second-order valence-electron chi connectivity index (χ2n) is 8.49. The highest BCUT2D eigenvalue weighted by Gasteiger charge is 2.41. The van der Waals surface area contributed by atoms with Crippen LogP contribution in [0, 0.1) is 11.8 Å². The van der Waals surface area contributed by atoms with Crippen molar-refractivity contribution < 1.29 is 9.53 Å². The predicted octanol–water partition coefficient (Wildman–Crippen LogP) is 5.17. The largest absolute Gasteiger partial charge is 0.457 e. The van der Waals surface area contributed by atoms with Crippen molar-refractivity contribution in [3.05, 3.63) is 76.4 Å². The molecule has 2 aliphatic heterocycles. The van der Waals surface area contributed by atoms with Gasteiger partial charge in [-0.1, -0.05) is 35.3 Å². The summed E-state index contributed by atoms with van der Waals surface area (Å²) in [5, 5.41) is 11.4. The molecule has 2 aliphatic rings. The molecule has 2 aromatic carbocycles. The molecule has 9 heteroatoms. The van der Waals surface area contributed by atoms with Crippen molar-refractivity contribution in [1.82, 2.24) is 20.0 Å². The van der Waals surface area contributed by atoms with E-state index in [9.17, 15) is 4.79 Å². The maximum absolute atomic E-state index is 12.6. The number of hydrogen-bond donors (Lipinski definition) is 1. The van der Waals surface area contributed by atoms with Gasteiger partial charge in [0.15, 0.2) is 11.0 Å². The van der Waals surface area contributed by atoms with E-state index < -0.39 is 0 Å². The van der Waals surface area contributed by atoms with Crippen LogP contribution in [0.1, 0.15) is 5.56 Å². The number of urea groups is 1. The number of nitrogens with zero attached hydrogens (tertiary/aromatic N) is 4. The van der Waals surface area contributed by atoms with Crippen LogP contribution in [0.2, 0.25) is 10.2 Å². The number of anilines is 1. The Balaban J connectivity index is 1.13. The third-order valence-electron chi connectivity index (χ3n) is 6.07. The lowest BCUT2D eigenvalue weighted by Gasteiger charge is -2.22. The van der Waals surface area contributed by atoms with Gasteiger partial charge in [0, 0.05) is 37.7 Å². The number of carbonyl (C=O) groups is 1. The molecule has 1 aromatic heterocycles. The van der Waals surface area contributed by atoms with Crippen molar-refractivity contribution >= 4 is 35.1 Å². The lowest BCUT2D eigenvalue weighted by atomic mass is 10.0. The summed E-state index contributed by atoms with van der Waals surface area (Å²) >= 11 is 11.7. The van der Waals surface area contributed by atoms with Crippen LogP contribution in [0.4, 0.5) is 10.6 Å². The van der Waals surface area contributed by atoms with E-state index in [2.05, 4.69) is 32.5 Å². The minimum Gasteiger partial charge on any atom is -0.457 e. The van der Waals surface area contributed by atoms with Crippen molar-refractivity contribution in [2.45, 2.75) is 6.54 Å². The van der Waals surface area contributed by atoms with Crippen LogP contribution in [0.3, 0.4) is 0 Å². The highest BCUT2D eigenvalue weighted by molar-refractivity contribution is 6.30. The van der Waals surface area contributed by atoms with E-state index in [-0.39, 0.29) is 6.03 Å². The van der Waals surface area contributed by atoms with Gasteiger partial charge in [-0.3, -0.25) is 10.2 Å². The summed E-state index contributed by atoms with van der Waals surface area (Å²) in [4.78, 5) is 16.9. The van der Waals surface area contributed by atoms with Gasteiger partial charge in [-0.25, -0.2) is 4.79 Å². The lowest BCUT2D eigenvalue weighted by molar-refractivity contribution is 0.211. The molecule has 0 bridgehead atoms. The fraction of sp³-hybridized carbons (Fsp3) is 0.292. The van der Waals surface area contributed by atoms with Gasteiger partial charge >= 0.3 is 6.03 Å². The van der Waals surface area contributed by atoms with Crippen molar-refractivity contribution in [3.8, 4) is 11.5 Å². The maximum atomic E-state index is 12.6. The zero-order valence-corrected chi connectivity index (χ0v) is 19.3. The predicted molar refractivity (Wildman–Crippen MR) is 128 cm³/mol. The third-order valence-corrected chi connectivity index (χ3v) is 6.52. The molecule has 0 aliphatic carbocycles. The number of nitrogens with one attached hydrogen (secondary N) is 1. The first-order valence-electron chi connectivity index (χ1n) is 10.8. The Morgan fingerprint density at radius 3 is 2.39 bits per heavy atom. The van der Waals surface area contributed by atoms with Gasteiger partial charge in [0.1, 0.15) is 11.5 Å². The number of fused-ring (bicyclic) bond motifs is 1. The van der Waals surface area contributed by atoms with Crippen molar-refractivity contribution in [3.63, 3.8) is 0 Å². The van der Waals surface area contributed by atoms with Crippen molar-refractivity contribution in [2.75, 3.05) is 31.5 Å². The van der Waals surface area contributed by atoms with E-state index in [1.165, 1.54) is 5.56 Å². The SMILES string of the molecule is O=C(Nc1ccc(Cl)nn1)N1CC2CN(Cc3cccc(Oc4ccc(Cl)cc4)c3)CC2C1. The van der Waals surface area contributed by atoms with Crippen LogP contribution >= 0.6 is 23.2 Å². The highest BCUT2D eigenvalue weighted by Crippen LogP contribution is 2.33. The lowest BCUT2D eigenvalue weighted by Crippen LogP contribution is -2.36. The summed E-state index contributed by atoms with van der Waals surface area (Å²) in [6.45, 7) is 4.29. The number of amides is 2. The molecular weight excluding hydrogens is 461 g/mol. The molecule has 7 nitrogen and oxygen atoms in total. The number of benzene rings is 2. The van der Waals surface area contributed by atoms with E-state index in [1.54, 1.807) is 12.1 Å². The Kier molecular flexibility index (Phi) is 6.35. The first kappa shape index (κ1) is 21.9. The maximum Gasteiger partial charge on any atom is 0.323 e. The average Bonchev–Trinajstić information content (AvgIpc) is 3.36. The molecule has 5 rings (SSSR count). The Morgan fingerprint density at radius 1 is 0.939 bits per heavy atom. The van der Waals surface area contributed by atoms with Crippen LogP contribution < -0.4 is 10.1 Å². The number of halogens is 2. The molecular formula is C24H23Cl2N5O2. The molecule has 0 radical (unpaired) electrons. The number of carbonyl (C=O) groups excluding carboxylic acids is 1. The number of hydrogen-bond acceptors (Lipinski definition) is 5. The normalized spacial score (nSPS) is 20.0. The quantitative estimate of drug-likeness (QED) is 0.541. The number of likely N-dealkylation sites (tertiary alicyclic amines) is 2. The van der Waals surface area contributed by atoms with Crippen molar-refractivity contribution in [1.29, 1.82) is 0 Å². The molecule has 0 spiro atoms. The van der Waals surface area contributed by atoms with Gasteiger partial charge < -0.3 is 9.64 Å². The monoisotopic (exact) mass is 483 g/mol. The van der Waals surface area contributed by atoms with Crippen LogP contribution in [-0.4, -0.2) is 52.2 Å². The Morgan fingerprint density at radius 2 is 1.70 bits per heavy atom. The summed E-state index contributed by atoms with van der Waals surface area (Å²) in [5.41, 5.74) is 1.21.